The van der Waals surface area contributed by atoms with Crippen molar-refractivity contribution >= 4 is 11.8 Å². The summed E-state index contributed by atoms with van der Waals surface area (Å²) in [6, 6.07) is 1.14. The van der Waals surface area contributed by atoms with Crippen LogP contribution in [0, 0.1) is 11.3 Å². The molecule has 1 unspecified atom stereocenters. The van der Waals surface area contributed by atoms with E-state index in [0.717, 1.165) is 0 Å². The monoisotopic (exact) mass is 313 g/mol. The second kappa shape index (κ2) is 5.44. The molecule has 21 heavy (non-hydrogen) atoms. The van der Waals surface area contributed by atoms with Crippen LogP contribution in [0.5, 0.6) is 0 Å². The molecule has 0 amide bonds. The molecule has 1 fully saturated rings. The maximum absolute atomic E-state index is 2.82. The lowest BCUT2D eigenvalue weighted by molar-refractivity contribution is -0.0531. The summed E-state index contributed by atoms with van der Waals surface area (Å²) in [5, 5.41) is 0. The van der Waals surface area contributed by atoms with Crippen molar-refractivity contribution in [2.45, 2.75) is 110 Å². The van der Waals surface area contributed by atoms with Gasteiger partial charge in [0, 0.05) is 27.1 Å². The summed E-state index contributed by atoms with van der Waals surface area (Å²) < 4.78 is 0.452. The minimum atomic E-state index is 0.159. The highest BCUT2D eigenvalue weighted by Gasteiger charge is 2.59. The molecule has 0 N–H and O–H groups in total. The van der Waals surface area contributed by atoms with Crippen molar-refractivity contribution in [3.05, 3.63) is 0 Å². The molecule has 0 spiro atoms. The van der Waals surface area contributed by atoms with Gasteiger partial charge in [0.1, 0.15) is 0 Å². The van der Waals surface area contributed by atoms with E-state index >= 15 is 0 Å². The Labute approximate surface area is 138 Å². The molecule has 1 atom stereocenters. The number of hydrogen-bond acceptors (Lipinski definition) is 2. The SMILES string of the molecule is CC(C)C1N(C(C)C)C(C)(C)C(C)(C)SC(C)(C)C1(C)C. The molecule has 1 nitrogen and oxygen atoms in total. The fraction of sp³-hybridized carbons (Fsp3) is 1.00. The van der Waals surface area contributed by atoms with Gasteiger partial charge in [-0.25, -0.2) is 0 Å². The number of thioether (sulfide) groups is 1. The van der Waals surface area contributed by atoms with Crippen molar-refractivity contribution in [2.24, 2.45) is 11.3 Å². The summed E-state index contributed by atoms with van der Waals surface area (Å²) in [6.45, 7) is 29.2. The van der Waals surface area contributed by atoms with E-state index in [-0.39, 0.29) is 20.4 Å². The average molecular weight is 314 g/mol. The second-order valence-corrected chi connectivity index (χ2v) is 11.8. The van der Waals surface area contributed by atoms with Crippen LogP contribution in [-0.2, 0) is 0 Å². The first-order valence-corrected chi connectivity index (χ1v) is 9.40. The molecule has 126 valence electrons. The van der Waals surface area contributed by atoms with Gasteiger partial charge in [0.2, 0.25) is 0 Å². The van der Waals surface area contributed by atoms with Gasteiger partial charge in [-0.3, -0.25) is 4.90 Å². The fourth-order valence-electron chi connectivity index (χ4n) is 4.38. The van der Waals surface area contributed by atoms with Crippen LogP contribution in [0.1, 0.15) is 83.1 Å². The molecule has 0 aromatic carbocycles. The number of rotatable bonds is 2. The van der Waals surface area contributed by atoms with Gasteiger partial charge < -0.3 is 0 Å². The smallest absolute Gasteiger partial charge is 0.0300 e. The summed E-state index contributed by atoms with van der Waals surface area (Å²) in [5.74, 6) is 0.649. The van der Waals surface area contributed by atoms with E-state index in [9.17, 15) is 0 Å². The van der Waals surface area contributed by atoms with Gasteiger partial charge in [-0.15, -0.1) is 11.8 Å². The van der Waals surface area contributed by atoms with Crippen molar-refractivity contribution in [3.63, 3.8) is 0 Å². The maximum atomic E-state index is 2.82. The van der Waals surface area contributed by atoms with E-state index in [1.165, 1.54) is 0 Å². The molecule has 0 bridgehead atoms. The van der Waals surface area contributed by atoms with Crippen LogP contribution in [0.2, 0.25) is 0 Å². The third-order valence-electron chi connectivity index (χ3n) is 6.41. The standard InChI is InChI=1S/C19H39NS/c1-13(2)15-16(5,6)18(9,10)21-19(11,12)17(7,8)20(15)14(3)4/h13-15H,1-12H3. The first-order valence-electron chi connectivity index (χ1n) is 8.58. The molecule has 1 aliphatic rings. The Hall–Kier alpha value is 0.310. The second-order valence-electron chi connectivity index (χ2n) is 9.59. The summed E-state index contributed by atoms with van der Waals surface area (Å²) in [5.41, 5.74) is 0.410. The first kappa shape index (κ1) is 19.4. The van der Waals surface area contributed by atoms with Crippen molar-refractivity contribution in [1.82, 2.24) is 4.90 Å². The van der Waals surface area contributed by atoms with E-state index < -0.39 is 0 Å². The van der Waals surface area contributed by atoms with Gasteiger partial charge in [-0.05, 0) is 52.9 Å². The summed E-state index contributed by atoms with van der Waals surface area (Å²) in [6.07, 6.45) is 0. The Kier molecular flexibility index (Phi) is 5.01. The first-order chi connectivity index (χ1) is 9.09. The third kappa shape index (κ3) is 2.92. The maximum Gasteiger partial charge on any atom is 0.0300 e. The number of hydrogen-bond donors (Lipinski definition) is 0. The zero-order chi connectivity index (χ0) is 17.0. The van der Waals surface area contributed by atoms with Gasteiger partial charge in [0.25, 0.3) is 0 Å². The van der Waals surface area contributed by atoms with E-state index in [1.54, 1.807) is 0 Å². The zero-order valence-corrected chi connectivity index (χ0v) is 17.4. The lowest BCUT2D eigenvalue weighted by atomic mass is 9.67. The molecular formula is C19H39NS. The normalized spacial score (nSPS) is 31.4. The Balaban J connectivity index is 3.64. The predicted molar refractivity (Wildman–Crippen MR) is 99.2 cm³/mol. The van der Waals surface area contributed by atoms with E-state index in [2.05, 4.69) is 99.7 Å². The van der Waals surface area contributed by atoms with Crippen LogP contribution < -0.4 is 0 Å². The highest BCUT2D eigenvalue weighted by molar-refractivity contribution is 8.02. The minimum Gasteiger partial charge on any atom is -0.291 e. The zero-order valence-electron chi connectivity index (χ0n) is 16.6. The molecular weight excluding hydrogens is 274 g/mol. The van der Waals surface area contributed by atoms with Gasteiger partial charge in [0.15, 0.2) is 0 Å². The molecule has 1 saturated heterocycles. The molecule has 0 radical (unpaired) electrons. The summed E-state index contributed by atoms with van der Waals surface area (Å²) >= 11 is 2.18. The van der Waals surface area contributed by atoms with Crippen LogP contribution in [0.15, 0.2) is 0 Å². The molecule has 0 aliphatic carbocycles. The fourth-order valence-corrected chi connectivity index (χ4v) is 6.39. The van der Waals surface area contributed by atoms with Crippen molar-refractivity contribution in [1.29, 1.82) is 0 Å². The Morgan fingerprint density at radius 1 is 0.762 bits per heavy atom. The highest BCUT2D eigenvalue weighted by atomic mass is 32.2. The Morgan fingerprint density at radius 2 is 1.19 bits per heavy atom. The molecule has 0 aromatic rings. The lowest BCUT2D eigenvalue weighted by Gasteiger charge is -2.55. The van der Waals surface area contributed by atoms with E-state index in [1.807, 2.05) is 0 Å². The molecule has 1 rings (SSSR count). The summed E-state index contributed by atoms with van der Waals surface area (Å²) in [7, 11) is 0. The highest BCUT2D eigenvalue weighted by Crippen LogP contribution is 2.59. The van der Waals surface area contributed by atoms with E-state index in [0.29, 0.717) is 18.0 Å². The van der Waals surface area contributed by atoms with Crippen LogP contribution in [0.3, 0.4) is 0 Å². The average Bonchev–Trinajstić information content (AvgIpc) is 2.23. The quantitative estimate of drug-likeness (QED) is 0.631. The Bertz CT molecular complexity index is 341. The van der Waals surface area contributed by atoms with Crippen LogP contribution in [0.25, 0.3) is 0 Å². The van der Waals surface area contributed by atoms with Gasteiger partial charge in [0.05, 0.1) is 0 Å². The van der Waals surface area contributed by atoms with Crippen molar-refractivity contribution in [3.8, 4) is 0 Å². The lowest BCUT2D eigenvalue weighted by Crippen LogP contribution is -2.64. The number of nitrogens with zero attached hydrogens (tertiary/aromatic N) is 1. The Morgan fingerprint density at radius 3 is 1.52 bits per heavy atom. The van der Waals surface area contributed by atoms with Crippen LogP contribution >= 0.6 is 11.8 Å². The molecule has 0 saturated carbocycles. The molecule has 1 heterocycles. The van der Waals surface area contributed by atoms with Gasteiger partial charge >= 0.3 is 0 Å². The third-order valence-corrected chi connectivity index (χ3v) is 8.45. The molecule has 0 aromatic heterocycles. The van der Waals surface area contributed by atoms with Crippen molar-refractivity contribution < 1.29 is 0 Å². The van der Waals surface area contributed by atoms with Gasteiger partial charge in [-0.2, -0.15) is 0 Å². The predicted octanol–water partition coefficient (Wildman–Crippen LogP) is 5.83. The van der Waals surface area contributed by atoms with Crippen molar-refractivity contribution in [2.75, 3.05) is 0 Å². The topological polar surface area (TPSA) is 3.24 Å². The van der Waals surface area contributed by atoms with Crippen LogP contribution in [-0.4, -0.2) is 32.0 Å². The van der Waals surface area contributed by atoms with Gasteiger partial charge in [-0.1, -0.05) is 41.5 Å². The minimum absolute atomic E-state index is 0.159. The summed E-state index contributed by atoms with van der Waals surface area (Å²) in [4.78, 5) is 2.82. The van der Waals surface area contributed by atoms with Crippen LogP contribution in [0.4, 0.5) is 0 Å². The molecule has 1 aliphatic heterocycles. The van der Waals surface area contributed by atoms with E-state index in [4.69, 9.17) is 0 Å². The molecule has 2 heteroatoms. The largest absolute Gasteiger partial charge is 0.291 e.